The van der Waals surface area contributed by atoms with Gasteiger partial charge in [0, 0.05) is 30.4 Å². The number of nitrogens with one attached hydrogen (secondary N) is 1. The first-order chi connectivity index (χ1) is 10.7. The van der Waals surface area contributed by atoms with Gasteiger partial charge in [0.25, 0.3) is 0 Å². The summed E-state index contributed by atoms with van der Waals surface area (Å²) in [5.41, 5.74) is 9.63. The molecule has 2 heterocycles. The van der Waals surface area contributed by atoms with Crippen molar-refractivity contribution in [3.05, 3.63) is 58.8 Å². The highest BCUT2D eigenvalue weighted by molar-refractivity contribution is 6.01. The number of anilines is 1. The number of carbonyl (C=O) groups excluding carboxylic acids is 1. The highest BCUT2D eigenvalue weighted by Gasteiger charge is 2.26. The molecule has 3 N–H and O–H groups in total. The number of aryl methyl sites for hydroxylation is 1. The summed E-state index contributed by atoms with van der Waals surface area (Å²) in [6.07, 6.45) is 3.58. The van der Waals surface area contributed by atoms with Crippen LogP contribution in [0.5, 0.6) is 0 Å². The van der Waals surface area contributed by atoms with E-state index in [0.29, 0.717) is 6.54 Å². The standard InChI is InChI=1S/C18H21N3O/c1-12-10-13(6-7-14(12)11-19)17(22)15-4-2-8-20-18-16(15)5-3-9-21-18/h3,5-7,9-10,15H,2,4,8,11,19H2,1H3,(H,20,21). The summed E-state index contributed by atoms with van der Waals surface area (Å²) in [5, 5.41) is 3.31. The van der Waals surface area contributed by atoms with Crippen LogP contribution in [-0.2, 0) is 6.54 Å². The number of carbonyl (C=O) groups is 1. The van der Waals surface area contributed by atoms with Crippen LogP contribution in [0, 0.1) is 6.92 Å². The Kier molecular flexibility index (Phi) is 4.20. The van der Waals surface area contributed by atoms with Gasteiger partial charge < -0.3 is 11.1 Å². The van der Waals surface area contributed by atoms with E-state index in [9.17, 15) is 4.79 Å². The molecule has 1 unspecified atom stereocenters. The number of pyridine rings is 1. The molecule has 1 aliphatic rings. The largest absolute Gasteiger partial charge is 0.370 e. The Balaban J connectivity index is 1.96. The molecule has 22 heavy (non-hydrogen) atoms. The first-order valence-electron chi connectivity index (χ1n) is 7.73. The van der Waals surface area contributed by atoms with Crippen molar-refractivity contribution in [3.63, 3.8) is 0 Å². The summed E-state index contributed by atoms with van der Waals surface area (Å²) in [6.45, 7) is 3.36. The molecule has 4 nitrogen and oxygen atoms in total. The SMILES string of the molecule is Cc1cc(C(=O)C2CCCNc3ncccc32)ccc1CN. The number of hydrogen-bond acceptors (Lipinski definition) is 4. The van der Waals surface area contributed by atoms with Crippen LogP contribution in [0.2, 0.25) is 0 Å². The molecular formula is C18H21N3O. The normalized spacial score (nSPS) is 17.3. The Hall–Kier alpha value is -2.20. The second kappa shape index (κ2) is 6.28. The maximum atomic E-state index is 13.0. The molecule has 1 aromatic heterocycles. The second-order valence-electron chi connectivity index (χ2n) is 5.77. The van der Waals surface area contributed by atoms with Crippen LogP contribution in [0.1, 0.15) is 45.8 Å². The smallest absolute Gasteiger partial charge is 0.170 e. The molecule has 2 aromatic rings. The summed E-state index contributed by atoms with van der Waals surface area (Å²) >= 11 is 0. The van der Waals surface area contributed by atoms with Gasteiger partial charge in [-0.05, 0) is 43.0 Å². The quantitative estimate of drug-likeness (QED) is 0.854. The van der Waals surface area contributed by atoms with Gasteiger partial charge in [0.2, 0.25) is 0 Å². The maximum Gasteiger partial charge on any atom is 0.170 e. The summed E-state index contributed by atoms with van der Waals surface area (Å²) in [6, 6.07) is 9.71. The van der Waals surface area contributed by atoms with Gasteiger partial charge in [0.05, 0.1) is 5.92 Å². The summed E-state index contributed by atoms with van der Waals surface area (Å²) in [7, 11) is 0. The van der Waals surface area contributed by atoms with Gasteiger partial charge in [-0.1, -0.05) is 18.2 Å². The predicted octanol–water partition coefficient (Wildman–Crippen LogP) is 3.02. The number of nitrogens with zero attached hydrogens (tertiary/aromatic N) is 1. The molecule has 0 saturated carbocycles. The molecule has 0 spiro atoms. The van der Waals surface area contributed by atoms with Gasteiger partial charge in [0.15, 0.2) is 5.78 Å². The molecular weight excluding hydrogens is 274 g/mol. The van der Waals surface area contributed by atoms with Gasteiger partial charge >= 0.3 is 0 Å². The minimum Gasteiger partial charge on any atom is -0.370 e. The van der Waals surface area contributed by atoms with Gasteiger partial charge in [-0.3, -0.25) is 4.79 Å². The fourth-order valence-corrected chi connectivity index (χ4v) is 3.07. The first-order valence-corrected chi connectivity index (χ1v) is 7.73. The van der Waals surface area contributed by atoms with E-state index in [-0.39, 0.29) is 11.7 Å². The van der Waals surface area contributed by atoms with Gasteiger partial charge in [-0.15, -0.1) is 0 Å². The Labute approximate surface area is 130 Å². The number of rotatable bonds is 3. The number of fused-ring (bicyclic) bond motifs is 1. The lowest BCUT2D eigenvalue weighted by Crippen LogP contribution is -2.14. The van der Waals surface area contributed by atoms with Crippen LogP contribution in [0.25, 0.3) is 0 Å². The van der Waals surface area contributed by atoms with E-state index in [0.717, 1.165) is 47.5 Å². The maximum absolute atomic E-state index is 13.0. The molecule has 3 rings (SSSR count). The Morgan fingerprint density at radius 1 is 1.41 bits per heavy atom. The van der Waals surface area contributed by atoms with E-state index >= 15 is 0 Å². The average Bonchev–Trinajstić information content (AvgIpc) is 2.76. The fraction of sp³-hybridized carbons (Fsp3) is 0.333. The van der Waals surface area contributed by atoms with Crippen LogP contribution in [0.3, 0.4) is 0 Å². The molecule has 114 valence electrons. The van der Waals surface area contributed by atoms with Gasteiger partial charge in [0.1, 0.15) is 5.82 Å². The summed E-state index contributed by atoms with van der Waals surface area (Å²) < 4.78 is 0. The molecule has 0 bridgehead atoms. The lowest BCUT2D eigenvalue weighted by Gasteiger charge is -2.16. The average molecular weight is 295 g/mol. The molecule has 1 aromatic carbocycles. The van der Waals surface area contributed by atoms with Crippen LogP contribution in [-0.4, -0.2) is 17.3 Å². The molecule has 0 amide bonds. The molecule has 0 radical (unpaired) electrons. The van der Waals surface area contributed by atoms with Gasteiger partial charge in [-0.2, -0.15) is 0 Å². The van der Waals surface area contributed by atoms with Crippen molar-refractivity contribution >= 4 is 11.6 Å². The Morgan fingerprint density at radius 2 is 2.27 bits per heavy atom. The van der Waals surface area contributed by atoms with Crippen LogP contribution < -0.4 is 11.1 Å². The third kappa shape index (κ3) is 2.74. The van der Waals surface area contributed by atoms with Crippen molar-refractivity contribution in [3.8, 4) is 0 Å². The molecule has 1 aliphatic heterocycles. The summed E-state index contributed by atoms with van der Waals surface area (Å²) in [5.74, 6) is 0.889. The third-order valence-electron chi connectivity index (χ3n) is 4.34. The zero-order chi connectivity index (χ0) is 15.5. The van der Waals surface area contributed by atoms with E-state index in [4.69, 9.17) is 5.73 Å². The monoisotopic (exact) mass is 295 g/mol. The Bertz CT molecular complexity index is 696. The number of benzene rings is 1. The highest BCUT2D eigenvalue weighted by Crippen LogP contribution is 2.32. The minimum atomic E-state index is -0.123. The van der Waals surface area contributed by atoms with E-state index in [2.05, 4.69) is 10.3 Å². The van der Waals surface area contributed by atoms with Crippen molar-refractivity contribution in [1.29, 1.82) is 0 Å². The molecule has 0 aliphatic carbocycles. The lowest BCUT2D eigenvalue weighted by atomic mass is 9.87. The van der Waals surface area contributed by atoms with E-state index < -0.39 is 0 Å². The highest BCUT2D eigenvalue weighted by atomic mass is 16.1. The number of ketones is 1. The minimum absolute atomic E-state index is 0.123. The van der Waals surface area contributed by atoms with Crippen molar-refractivity contribution in [2.45, 2.75) is 32.2 Å². The van der Waals surface area contributed by atoms with Crippen molar-refractivity contribution < 1.29 is 4.79 Å². The van der Waals surface area contributed by atoms with Crippen molar-refractivity contribution in [2.24, 2.45) is 5.73 Å². The van der Waals surface area contributed by atoms with Crippen LogP contribution in [0.4, 0.5) is 5.82 Å². The Morgan fingerprint density at radius 3 is 3.05 bits per heavy atom. The van der Waals surface area contributed by atoms with E-state index in [1.54, 1.807) is 6.20 Å². The topological polar surface area (TPSA) is 68.0 Å². The summed E-state index contributed by atoms with van der Waals surface area (Å²) in [4.78, 5) is 17.4. The number of hydrogen-bond donors (Lipinski definition) is 2. The number of nitrogens with two attached hydrogens (primary N) is 1. The molecule has 4 heteroatoms. The van der Waals surface area contributed by atoms with E-state index in [1.807, 2.05) is 37.3 Å². The molecule has 0 saturated heterocycles. The lowest BCUT2D eigenvalue weighted by molar-refractivity contribution is 0.0955. The zero-order valence-electron chi connectivity index (χ0n) is 12.8. The van der Waals surface area contributed by atoms with Crippen LogP contribution >= 0.6 is 0 Å². The van der Waals surface area contributed by atoms with Crippen molar-refractivity contribution in [1.82, 2.24) is 4.98 Å². The van der Waals surface area contributed by atoms with Crippen molar-refractivity contribution in [2.75, 3.05) is 11.9 Å². The number of Topliss-reactive ketones (excluding diaryl/α,β-unsaturated/α-hetero) is 1. The fourth-order valence-electron chi connectivity index (χ4n) is 3.07. The van der Waals surface area contributed by atoms with E-state index in [1.165, 1.54) is 0 Å². The number of aromatic nitrogens is 1. The molecule has 0 fully saturated rings. The third-order valence-corrected chi connectivity index (χ3v) is 4.34. The molecule has 1 atom stereocenters. The van der Waals surface area contributed by atoms with Gasteiger partial charge in [-0.25, -0.2) is 4.98 Å². The second-order valence-corrected chi connectivity index (χ2v) is 5.77. The predicted molar refractivity (Wildman–Crippen MR) is 88.1 cm³/mol. The zero-order valence-corrected chi connectivity index (χ0v) is 12.8. The first kappa shape index (κ1) is 14.7. The van der Waals surface area contributed by atoms with Crippen LogP contribution in [0.15, 0.2) is 36.5 Å².